The van der Waals surface area contributed by atoms with E-state index in [2.05, 4.69) is 10.3 Å². The summed E-state index contributed by atoms with van der Waals surface area (Å²) in [4.78, 5) is 10.7. The van der Waals surface area contributed by atoms with Crippen LogP contribution in [0, 0.1) is 11.8 Å². The molecule has 0 saturated heterocycles. The summed E-state index contributed by atoms with van der Waals surface area (Å²) in [6, 6.07) is 0. The monoisotopic (exact) mass is 197 g/mol. The van der Waals surface area contributed by atoms with E-state index >= 15 is 0 Å². The normalized spacial score (nSPS) is 15.1. The topological polar surface area (TPSA) is 68.0 Å². The van der Waals surface area contributed by atoms with E-state index in [0.29, 0.717) is 6.42 Å². The quantitative estimate of drug-likeness (QED) is 0.772. The van der Waals surface area contributed by atoms with E-state index in [-0.39, 0.29) is 11.8 Å². The minimum absolute atomic E-state index is 0.0733. The third kappa shape index (κ3) is 2.55. The molecule has 0 radical (unpaired) electrons. The second-order valence-corrected chi connectivity index (χ2v) is 3.69. The van der Waals surface area contributed by atoms with Crippen LogP contribution < -0.4 is 0 Å². The summed E-state index contributed by atoms with van der Waals surface area (Å²) >= 11 is 0. The zero-order valence-electron chi connectivity index (χ0n) is 8.64. The fourth-order valence-corrected chi connectivity index (χ4v) is 1.24. The highest BCUT2D eigenvalue weighted by Gasteiger charge is 2.20. The van der Waals surface area contributed by atoms with E-state index in [4.69, 9.17) is 5.11 Å². The highest BCUT2D eigenvalue weighted by atomic mass is 16.4. The van der Waals surface area contributed by atoms with Crippen LogP contribution in [0.1, 0.15) is 19.5 Å². The summed E-state index contributed by atoms with van der Waals surface area (Å²) in [5.41, 5.74) is 0.841. The molecule has 1 aromatic heterocycles. The molecule has 0 aromatic carbocycles. The second-order valence-electron chi connectivity index (χ2n) is 3.69. The van der Waals surface area contributed by atoms with Crippen molar-refractivity contribution in [2.24, 2.45) is 18.9 Å². The predicted octanol–water partition coefficient (Wildman–Crippen LogP) is 0.714. The number of aromatic nitrogens is 3. The number of hydrogen-bond acceptors (Lipinski definition) is 3. The van der Waals surface area contributed by atoms with Crippen molar-refractivity contribution in [3.8, 4) is 0 Å². The molecule has 1 N–H and O–H groups in total. The van der Waals surface area contributed by atoms with Gasteiger partial charge < -0.3 is 5.11 Å². The van der Waals surface area contributed by atoms with Crippen LogP contribution in [0.3, 0.4) is 0 Å². The van der Waals surface area contributed by atoms with Crippen LogP contribution in [0.15, 0.2) is 6.20 Å². The first-order chi connectivity index (χ1) is 6.50. The van der Waals surface area contributed by atoms with Gasteiger partial charge in [-0.3, -0.25) is 9.48 Å². The van der Waals surface area contributed by atoms with Crippen molar-refractivity contribution in [2.45, 2.75) is 20.3 Å². The van der Waals surface area contributed by atoms with E-state index < -0.39 is 5.97 Å². The molecule has 5 nitrogen and oxygen atoms in total. The van der Waals surface area contributed by atoms with Crippen molar-refractivity contribution in [3.05, 3.63) is 11.9 Å². The van der Waals surface area contributed by atoms with Crippen molar-refractivity contribution in [3.63, 3.8) is 0 Å². The van der Waals surface area contributed by atoms with Gasteiger partial charge in [-0.2, -0.15) is 0 Å². The van der Waals surface area contributed by atoms with E-state index in [1.54, 1.807) is 18.7 Å². The number of carboxylic acid groups (broad SMARTS) is 1. The van der Waals surface area contributed by atoms with Gasteiger partial charge in [-0.1, -0.05) is 19.1 Å². The highest BCUT2D eigenvalue weighted by molar-refractivity contribution is 5.69. The summed E-state index contributed by atoms with van der Waals surface area (Å²) in [6.45, 7) is 3.62. The van der Waals surface area contributed by atoms with Gasteiger partial charge in [0.15, 0.2) is 0 Å². The van der Waals surface area contributed by atoms with Crippen molar-refractivity contribution in [1.82, 2.24) is 15.0 Å². The van der Waals surface area contributed by atoms with Gasteiger partial charge in [0.25, 0.3) is 0 Å². The molecule has 2 unspecified atom stereocenters. The maximum absolute atomic E-state index is 10.7. The Labute approximate surface area is 82.7 Å². The lowest BCUT2D eigenvalue weighted by atomic mass is 9.92. The first kappa shape index (κ1) is 10.7. The van der Waals surface area contributed by atoms with Crippen LogP contribution in [0.2, 0.25) is 0 Å². The van der Waals surface area contributed by atoms with Crippen LogP contribution in [0.4, 0.5) is 0 Å². The molecule has 1 heterocycles. The third-order valence-corrected chi connectivity index (χ3v) is 2.42. The number of hydrogen-bond donors (Lipinski definition) is 1. The van der Waals surface area contributed by atoms with E-state index in [1.807, 2.05) is 13.1 Å². The Morgan fingerprint density at radius 3 is 2.71 bits per heavy atom. The molecule has 0 spiro atoms. The maximum atomic E-state index is 10.7. The van der Waals surface area contributed by atoms with Gasteiger partial charge in [0.1, 0.15) is 0 Å². The SMILES string of the molecule is CC(Cc1cn(C)nn1)C(C)C(=O)O. The van der Waals surface area contributed by atoms with Crippen LogP contribution in [0.5, 0.6) is 0 Å². The standard InChI is InChI=1S/C9H15N3O2/c1-6(7(2)9(13)14)4-8-5-12(3)11-10-8/h5-7H,4H2,1-3H3,(H,13,14). The molecule has 0 amide bonds. The summed E-state index contributed by atoms with van der Waals surface area (Å²) in [6.07, 6.45) is 2.46. The van der Waals surface area contributed by atoms with E-state index in [1.165, 1.54) is 0 Å². The van der Waals surface area contributed by atoms with Crippen molar-refractivity contribution in [1.29, 1.82) is 0 Å². The molecular weight excluding hydrogens is 182 g/mol. The van der Waals surface area contributed by atoms with Crippen molar-refractivity contribution in [2.75, 3.05) is 0 Å². The van der Waals surface area contributed by atoms with Gasteiger partial charge in [-0.15, -0.1) is 5.10 Å². The smallest absolute Gasteiger partial charge is 0.306 e. The molecule has 5 heteroatoms. The average molecular weight is 197 g/mol. The second kappa shape index (κ2) is 4.21. The molecule has 2 atom stereocenters. The Kier molecular flexibility index (Phi) is 3.22. The lowest BCUT2D eigenvalue weighted by Gasteiger charge is -2.13. The Morgan fingerprint density at radius 1 is 1.64 bits per heavy atom. The van der Waals surface area contributed by atoms with E-state index in [0.717, 1.165) is 5.69 Å². The number of carbonyl (C=O) groups is 1. The lowest BCUT2D eigenvalue weighted by Crippen LogP contribution is -2.20. The minimum Gasteiger partial charge on any atom is -0.481 e. The molecule has 0 aliphatic carbocycles. The van der Waals surface area contributed by atoms with Gasteiger partial charge in [-0.25, -0.2) is 0 Å². The molecule has 0 bridgehead atoms. The van der Waals surface area contributed by atoms with Gasteiger partial charge in [0.05, 0.1) is 11.6 Å². The molecule has 0 fully saturated rings. The number of rotatable bonds is 4. The van der Waals surface area contributed by atoms with Crippen LogP contribution in [-0.4, -0.2) is 26.1 Å². The van der Waals surface area contributed by atoms with Gasteiger partial charge in [-0.05, 0) is 12.3 Å². The molecule has 0 saturated carbocycles. The van der Waals surface area contributed by atoms with Gasteiger partial charge >= 0.3 is 5.97 Å². The molecule has 1 rings (SSSR count). The molecular formula is C9H15N3O2. The predicted molar refractivity (Wildman–Crippen MR) is 50.7 cm³/mol. The lowest BCUT2D eigenvalue weighted by molar-refractivity contribution is -0.142. The minimum atomic E-state index is -0.763. The van der Waals surface area contributed by atoms with E-state index in [9.17, 15) is 4.79 Å². The highest BCUT2D eigenvalue weighted by Crippen LogP contribution is 2.15. The molecule has 0 aliphatic heterocycles. The fourth-order valence-electron chi connectivity index (χ4n) is 1.24. The Bertz CT molecular complexity index is 322. The zero-order valence-corrected chi connectivity index (χ0v) is 8.64. The Morgan fingerprint density at radius 2 is 2.29 bits per heavy atom. The first-order valence-electron chi connectivity index (χ1n) is 4.58. The van der Waals surface area contributed by atoms with Crippen LogP contribution in [0.25, 0.3) is 0 Å². The molecule has 78 valence electrons. The number of nitrogens with zero attached hydrogens (tertiary/aromatic N) is 3. The summed E-state index contributed by atoms with van der Waals surface area (Å²) in [7, 11) is 1.79. The molecule has 14 heavy (non-hydrogen) atoms. The van der Waals surface area contributed by atoms with Crippen molar-refractivity contribution >= 4 is 5.97 Å². The fraction of sp³-hybridized carbons (Fsp3) is 0.667. The maximum Gasteiger partial charge on any atom is 0.306 e. The van der Waals surface area contributed by atoms with Crippen molar-refractivity contribution < 1.29 is 9.90 Å². The third-order valence-electron chi connectivity index (χ3n) is 2.42. The summed E-state index contributed by atoms with van der Waals surface area (Å²) < 4.78 is 1.62. The number of aliphatic carboxylic acids is 1. The summed E-state index contributed by atoms with van der Waals surface area (Å²) in [5.74, 6) is -1.04. The number of aryl methyl sites for hydroxylation is 1. The molecule has 1 aromatic rings. The Balaban J connectivity index is 2.56. The largest absolute Gasteiger partial charge is 0.481 e. The Hall–Kier alpha value is -1.39. The van der Waals surface area contributed by atoms with Crippen LogP contribution >= 0.6 is 0 Å². The van der Waals surface area contributed by atoms with Gasteiger partial charge in [0.2, 0.25) is 0 Å². The van der Waals surface area contributed by atoms with Crippen LogP contribution in [-0.2, 0) is 18.3 Å². The average Bonchev–Trinajstić information content (AvgIpc) is 2.49. The zero-order chi connectivity index (χ0) is 10.7. The van der Waals surface area contributed by atoms with Gasteiger partial charge in [0, 0.05) is 13.2 Å². The first-order valence-corrected chi connectivity index (χ1v) is 4.58. The summed E-state index contributed by atoms with van der Waals surface area (Å²) in [5, 5.41) is 16.5. The number of carboxylic acids is 1. The molecule has 0 aliphatic rings.